The predicted octanol–water partition coefficient (Wildman–Crippen LogP) is 2.15. The zero-order valence-corrected chi connectivity index (χ0v) is 9.53. The Kier molecular flexibility index (Phi) is 9.94. The summed E-state index contributed by atoms with van der Waals surface area (Å²) in [6.45, 7) is 10.1. The van der Waals surface area contributed by atoms with E-state index in [1.807, 2.05) is 0 Å². The van der Waals surface area contributed by atoms with Crippen LogP contribution in [0.5, 0.6) is 0 Å². The zero-order valence-electron chi connectivity index (χ0n) is 9.53. The van der Waals surface area contributed by atoms with E-state index in [2.05, 4.69) is 31.4 Å². The molecule has 0 unspecified atom stereocenters. The van der Waals surface area contributed by atoms with Crippen LogP contribution in [0.2, 0.25) is 0 Å². The van der Waals surface area contributed by atoms with Gasteiger partial charge in [-0.25, -0.2) is 0 Å². The lowest BCUT2D eigenvalue weighted by atomic mass is 10.2. The van der Waals surface area contributed by atoms with Crippen LogP contribution >= 0.6 is 0 Å². The predicted molar refractivity (Wildman–Crippen MR) is 60.2 cm³/mol. The molecule has 0 saturated heterocycles. The fourth-order valence-corrected chi connectivity index (χ4v) is 1.29. The average Bonchev–Trinajstić information content (AvgIpc) is 2.13. The van der Waals surface area contributed by atoms with Gasteiger partial charge < -0.3 is 10.6 Å². The molecule has 0 aliphatic carbocycles. The van der Waals surface area contributed by atoms with E-state index in [9.17, 15) is 0 Å². The molecular formula is C11H26N2. The maximum atomic E-state index is 3.51. The Balaban J connectivity index is 3.05. The highest BCUT2D eigenvalue weighted by molar-refractivity contribution is 4.63. The van der Waals surface area contributed by atoms with E-state index in [1.54, 1.807) is 0 Å². The summed E-state index contributed by atoms with van der Waals surface area (Å²) >= 11 is 0. The Hall–Kier alpha value is -0.0800. The molecule has 0 spiro atoms. The molecule has 2 nitrogen and oxygen atoms in total. The molecule has 2 N–H and O–H groups in total. The molecule has 80 valence electrons. The summed E-state index contributed by atoms with van der Waals surface area (Å²) in [7, 11) is 0. The van der Waals surface area contributed by atoms with Crippen molar-refractivity contribution in [3.63, 3.8) is 0 Å². The number of unbranched alkanes of at least 4 members (excludes halogenated alkanes) is 2. The van der Waals surface area contributed by atoms with E-state index in [-0.39, 0.29) is 0 Å². The summed E-state index contributed by atoms with van der Waals surface area (Å²) in [5.41, 5.74) is 0. The van der Waals surface area contributed by atoms with Crippen molar-refractivity contribution in [2.24, 2.45) is 0 Å². The Morgan fingerprint density at radius 2 is 1.77 bits per heavy atom. The molecule has 0 radical (unpaired) electrons. The molecule has 1 atom stereocenters. The SMILES string of the molecule is CCCCCN[C@@H](C)CNCCC. The number of hydrogen-bond acceptors (Lipinski definition) is 2. The Labute approximate surface area is 83.5 Å². The summed E-state index contributed by atoms with van der Waals surface area (Å²) in [5, 5.41) is 6.93. The number of nitrogens with one attached hydrogen (secondary N) is 2. The molecule has 2 heteroatoms. The van der Waals surface area contributed by atoms with Crippen molar-refractivity contribution in [1.29, 1.82) is 0 Å². The molecule has 0 aromatic heterocycles. The quantitative estimate of drug-likeness (QED) is 0.539. The van der Waals surface area contributed by atoms with Gasteiger partial charge in [-0.3, -0.25) is 0 Å². The largest absolute Gasteiger partial charge is 0.315 e. The lowest BCUT2D eigenvalue weighted by molar-refractivity contribution is 0.489. The topological polar surface area (TPSA) is 24.1 Å². The minimum absolute atomic E-state index is 0.614. The van der Waals surface area contributed by atoms with Gasteiger partial charge >= 0.3 is 0 Å². The van der Waals surface area contributed by atoms with Gasteiger partial charge in [0.15, 0.2) is 0 Å². The minimum atomic E-state index is 0.614. The first-order valence-corrected chi connectivity index (χ1v) is 5.75. The molecule has 0 amide bonds. The lowest BCUT2D eigenvalue weighted by Crippen LogP contribution is -2.37. The fourth-order valence-electron chi connectivity index (χ4n) is 1.29. The number of hydrogen-bond donors (Lipinski definition) is 2. The van der Waals surface area contributed by atoms with Gasteiger partial charge in [-0.05, 0) is 32.9 Å². The van der Waals surface area contributed by atoms with Crippen LogP contribution in [0, 0.1) is 0 Å². The average molecular weight is 186 g/mol. The molecule has 0 aliphatic heterocycles. The first kappa shape index (κ1) is 12.9. The van der Waals surface area contributed by atoms with Crippen LogP contribution in [0.3, 0.4) is 0 Å². The number of rotatable bonds is 9. The molecule has 0 aromatic carbocycles. The van der Waals surface area contributed by atoms with E-state index >= 15 is 0 Å². The van der Waals surface area contributed by atoms with Crippen molar-refractivity contribution >= 4 is 0 Å². The third-order valence-electron chi connectivity index (χ3n) is 2.15. The molecule has 0 heterocycles. The molecule has 0 fully saturated rings. The summed E-state index contributed by atoms with van der Waals surface area (Å²) in [4.78, 5) is 0. The maximum absolute atomic E-state index is 3.51. The van der Waals surface area contributed by atoms with Crippen LogP contribution in [0.4, 0.5) is 0 Å². The summed E-state index contributed by atoms with van der Waals surface area (Å²) in [6, 6.07) is 0.614. The monoisotopic (exact) mass is 186 g/mol. The second-order valence-corrected chi connectivity index (χ2v) is 3.77. The Morgan fingerprint density at radius 3 is 2.38 bits per heavy atom. The van der Waals surface area contributed by atoms with Crippen LogP contribution in [0.1, 0.15) is 46.5 Å². The first-order chi connectivity index (χ1) is 6.31. The Morgan fingerprint density at radius 1 is 1.00 bits per heavy atom. The first-order valence-electron chi connectivity index (χ1n) is 5.75. The van der Waals surface area contributed by atoms with Crippen molar-refractivity contribution in [3.05, 3.63) is 0 Å². The lowest BCUT2D eigenvalue weighted by Gasteiger charge is -2.13. The van der Waals surface area contributed by atoms with Crippen molar-refractivity contribution < 1.29 is 0 Å². The molecule has 0 bridgehead atoms. The van der Waals surface area contributed by atoms with Gasteiger partial charge in [-0.2, -0.15) is 0 Å². The van der Waals surface area contributed by atoms with E-state index in [1.165, 1.54) is 32.2 Å². The standard InChI is InChI=1S/C11H26N2/c1-4-6-7-9-13-11(3)10-12-8-5-2/h11-13H,4-10H2,1-3H3/t11-/m0/s1. The van der Waals surface area contributed by atoms with E-state index in [4.69, 9.17) is 0 Å². The van der Waals surface area contributed by atoms with Gasteiger partial charge in [0.2, 0.25) is 0 Å². The van der Waals surface area contributed by atoms with Gasteiger partial charge in [0.25, 0.3) is 0 Å². The Bertz CT molecular complexity index is 94.1. The van der Waals surface area contributed by atoms with Crippen molar-refractivity contribution in [3.8, 4) is 0 Å². The van der Waals surface area contributed by atoms with Crippen molar-refractivity contribution in [2.75, 3.05) is 19.6 Å². The summed E-state index contributed by atoms with van der Waals surface area (Å²) in [5.74, 6) is 0. The van der Waals surface area contributed by atoms with Crippen LogP contribution in [-0.2, 0) is 0 Å². The third kappa shape index (κ3) is 9.84. The maximum Gasteiger partial charge on any atom is 0.0164 e. The highest BCUT2D eigenvalue weighted by Crippen LogP contribution is 1.91. The van der Waals surface area contributed by atoms with E-state index in [0.717, 1.165) is 13.1 Å². The van der Waals surface area contributed by atoms with Crippen molar-refractivity contribution in [2.45, 2.75) is 52.5 Å². The second kappa shape index (κ2) is 10.0. The second-order valence-electron chi connectivity index (χ2n) is 3.77. The molecule has 0 aromatic rings. The van der Waals surface area contributed by atoms with E-state index < -0.39 is 0 Å². The van der Waals surface area contributed by atoms with Crippen LogP contribution in [0.25, 0.3) is 0 Å². The van der Waals surface area contributed by atoms with Gasteiger partial charge in [0.1, 0.15) is 0 Å². The van der Waals surface area contributed by atoms with Gasteiger partial charge in [0.05, 0.1) is 0 Å². The smallest absolute Gasteiger partial charge is 0.0164 e. The highest BCUT2D eigenvalue weighted by atomic mass is 15.0. The minimum Gasteiger partial charge on any atom is -0.315 e. The van der Waals surface area contributed by atoms with Crippen LogP contribution < -0.4 is 10.6 Å². The third-order valence-corrected chi connectivity index (χ3v) is 2.15. The van der Waals surface area contributed by atoms with Crippen molar-refractivity contribution in [1.82, 2.24) is 10.6 Å². The highest BCUT2D eigenvalue weighted by Gasteiger charge is 1.98. The van der Waals surface area contributed by atoms with Gasteiger partial charge in [0, 0.05) is 12.6 Å². The fraction of sp³-hybridized carbons (Fsp3) is 1.00. The summed E-state index contributed by atoms with van der Waals surface area (Å²) in [6.07, 6.45) is 5.20. The van der Waals surface area contributed by atoms with Gasteiger partial charge in [-0.1, -0.05) is 26.7 Å². The molecule has 0 aliphatic rings. The van der Waals surface area contributed by atoms with Gasteiger partial charge in [-0.15, -0.1) is 0 Å². The normalized spacial score (nSPS) is 13.2. The molecular weight excluding hydrogens is 160 g/mol. The molecule has 0 saturated carbocycles. The zero-order chi connectivity index (χ0) is 9.94. The van der Waals surface area contributed by atoms with Crippen LogP contribution in [0.15, 0.2) is 0 Å². The van der Waals surface area contributed by atoms with Crippen LogP contribution in [-0.4, -0.2) is 25.7 Å². The molecule has 0 rings (SSSR count). The summed E-state index contributed by atoms with van der Waals surface area (Å²) < 4.78 is 0. The molecule has 13 heavy (non-hydrogen) atoms. The van der Waals surface area contributed by atoms with E-state index in [0.29, 0.717) is 6.04 Å².